The number of hydrogen-bond acceptors (Lipinski definition) is 7. The molecule has 1 aliphatic rings. The first-order valence-corrected chi connectivity index (χ1v) is 7.00. The van der Waals surface area contributed by atoms with E-state index in [-0.39, 0.29) is 11.8 Å². The molecular formula is C12H15BrO7. The van der Waals surface area contributed by atoms with E-state index in [1.54, 1.807) is 0 Å². The highest BCUT2D eigenvalue weighted by Gasteiger charge is 2.47. The van der Waals surface area contributed by atoms with Gasteiger partial charge < -0.3 is 14.2 Å². The lowest BCUT2D eigenvalue weighted by Crippen LogP contribution is -2.49. The summed E-state index contributed by atoms with van der Waals surface area (Å²) in [6.07, 6.45) is -1.03. The van der Waals surface area contributed by atoms with E-state index in [1.165, 1.54) is 20.8 Å². The molecule has 0 spiro atoms. The van der Waals surface area contributed by atoms with Crippen molar-refractivity contribution in [1.29, 1.82) is 0 Å². The van der Waals surface area contributed by atoms with Crippen LogP contribution in [0.2, 0.25) is 0 Å². The minimum atomic E-state index is -1.62. The van der Waals surface area contributed by atoms with Crippen LogP contribution in [0.25, 0.3) is 0 Å². The lowest BCUT2D eigenvalue weighted by molar-refractivity contribution is -0.238. The molecule has 0 aliphatic carbocycles. The molecule has 0 amide bonds. The standard InChI is InChI=1S/C12H15BrO7/c1-6(14)18-7(5-13)4-8(15)9-10(16)19-12(2,3)20-11(9)17/h7,9H,4-5H2,1-3H3/t7-/m0/s1. The third-order valence-electron chi connectivity index (χ3n) is 2.42. The Morgan fingerprint density at radius 2 is 1.80 bits per heavy atom. The minimum absolute atomic E-state index is 0.209. The van der Waals surface area contributed by atoms with Crippen molar-refractivity contribution >= 4 is 39.6 Å². The van der Waals surface area contributed by atoms with Gasteiger partial charge in [0, 0.05) is 32.5 Å². The first-order chi connectivity index (χ1) is 9.16. The zero-order valence-electron chi connectivity index (χ0n) is 11.3. The Labute approximate surface area is 124 Å². The van der Waals surface area contributed by atoms with Crippen LogP contribution in [-0.2, 0) is 33.4 Å². The lowest BCUT2D eigenvalue weighted by Gasteiger charge is -2.32. The van der Waals surface area contributed by atoms with Crippen molar-refractivity contribution in [3.05, 3.63) is 0 Å². The zero-order chi connectivity index (χ0) is 15.5. The Bertz CT molecular complexity index is 423. The summed E-state index contributed by atoms with van der Waals surface area (Å²) in [5.74, 6) is -6.17. The number of hydrogen-bond donors (Lipinski definition) is 0. The number of esters is 3. The summed E-state index contributed by atoms with van der Waals surface area (Å²) in [6.45, 7) is 3.99. The van der Waals surface area contributed by atoms with Gasteiger partial charge in [0.1, 0.15) is 6.10 Å². The molecule has 1 saturated heterocycles. The number of alkyl halides is 1. The van der Waals surface area contributed by atoms with Crippen LogP contribution in [0, 0.1) is 5.92 Å². The van der Waals surface area contributed by atoms with Gasteiger partial charge in [0.05, 0.1) is 0 Å². The van der Waals surface area contributed by atoms with E-state index in [0.717, 1.165) is 0 Å². The molecule has 8 heteroatoms. The van der Waals surface area contributed by atoms with Crippen LogP contribution in [0.5, 0.6) is 0 Å². The second kappa shape index (κ2) is 6.34. The molecule has 1 rings (SSSR count). The molecule has 1 atom stereocenters. The van der Waals surface area contributed by atoms with Crippen molar-refractivity contribution in [3.8, 4) is 0 Å². The second-order valence-electron chi connectivity index (χ2n) is 4.73. The molecular weight excluding hydrogens is 336 g/mol. The fourth-order valence-electron chi connectivity index (χ4n) is 1.69. The summed E-state index contributed by atoms with van der Waals surface area (Å²) in [5.41, 5.74) is 0. The van der Waals surface area contributed by atoms with E-state index < -0.39 is 41.5 Å². The monoisotopic (exact) mass is 350 g/mol. The van der Waals surface area contributed by atoms with Crippen molar-refractivity contribution in [1.82, 2.24) is 0 Å². The van der Waals surface area contributed by atoms with Crippen LogP contribution in [-0.4, -0.2) is 40.9 Å². The molecule has 7 nitrogen and oxygen atoms in total. The summed E-state index contributed by atoms with van der Waals surface area (Å²) in [7, 11) is 0. The number of carbonyl (C=O) groups is 4. The summed E-state index contributed by atoms with van der Waals surface area (Å²) in [6, 6.07) is 0. The summed E-state index contributed by atoms with van der Waals surface area (Å²) in [5, 5.41) is 0.209. The van der Waals surface area contributed by atoms with Gasteiger partial charge in [-0.3, -0.25) is 19.2 Å². The largest absolute Gasteiger partial charge is 0.461 e. The molecule has 0 N–H and O–H groups in total. The number of ether oxygens (including phenoxy) is 3. The van der Waals surface area contributed by atoms with Crippen LogP contribution in [0.1, 0.15) is 27.2 Å². The van der Waals surface area contributed by atoms with Gasteiger partial charge in [-0.2, -0.15) is 0 Å². The van der Waals surface area contributed by atoms with Crippen LogP contribution in [0.3, 0.4) is 0 Å². The highest BCUT2D eigenvalue weighted by Crippen LogP contribution is 2.25. The topological polar surface area (TPSA) is 96.0 Å². The third-order valence-corrected chi connectivity index (χ3v) is 3.14. The van der Waals surface area contributed by atoms with Crippen LogP contribution >= 0.6 is 15.9 Å². The predicted octanol–water partition coefficient (Wildman–Crippen LogP) is 0.724. The van der Waals surface area contributed by atoms with Gasteiger partial charge in [0.25, 0.3) is 5.79 Å². The quantitative estimate of drug-likeness (QED) is 0.409. The van der Waals surface area contributed by atoms with Gasteiger partial charge in [-0.25, -0.2) is 0 Å². The Morgan fingerprint density at radius 3 is 2.20 bits per heavy atom. The average Bonchev–Trinajstić information content (AvgIpc) is 2.24. The number of cyclic esters (lactones) is 2. The van der Waals surface area contributed by atoms with Gasteiger partial charge in [-0.1, -0.05) is 15.9 Å². The molecule has 0 aromatic rings. The molecule has 1 heterocycles. The fraction of sp³-hybridized carbons (Fsp3) is 0.667. The minimum Gasteiger partial charge on any atom is -0.461 e. The van der Waals surface area contributed by atoms with Crippen LogP contribution in [0.15, 0.2) is 0 Å². The lowest BCUT2D eigenvalue weighted by atomic mass is 9.98. The van der Waals surface area contributed by atoms with E-state index in [0.29, 0.717) is 0 Å². The average molecular weight is 351 g/mol. The van der Waals surface area contributed by atoms with E-state index in [9.17, 15) is 19.2 Å². The SMILES string of the molecule is CC(=O)O[C@H](CBr)CC(=O)C1C(=O)OC(C)(C)OC1=O. The molecule has 0 aromatic carbocycles. The molecule has 0 radical (unpaired) electrons. The summed E-state index contributed by atoms with van der Waals surface area (Å²) < 4.78 is 14.6. The maximum atomic E-state index is 12.0. The van der Waals surface area contributed by atoms with Crippen molar-refractivity contribution in [2.45, 2.75) is 39.1 Å². The van der Waals surface area contributed by atoms with Gasteiger partial charge in [-0.15, -0.1) is 0 Å². The van der Waals surface area contributed by atoms with E-state index in [2.05, 4.69) is 15.9 Å². The molecule has 0 unspecified atom stereocenters. The fourth-order valence-corrected chi connectivity index (χ4v) is 2.05. The van der Waals surface area contributed by atoms with Gasteiger partial charge in [0.2, 0.25) is 5.92 Å². The highest BCUT2D eigenvalue weighted by atomic mass is 79.9. The normalized spacial score (nSPS) is 19.8. The van der Waals surface area contributed by atoms with E-state index in [1.807, 2.05) is 0 Å². The first kappa shape index (κ1) is 16.6. The zero-order valence-corrected chi connectivity index (χ0v) is 12.9. The van der Waals surface area contributed by atoms with Gasteiger partial charge in [0.15, 0.2) is 5.78 Å². The Balaban J connectivity index is 2.74. The maximum absolute atomic E-state index is 12.0. The van der Waals surface area contributed by atoms with Crippen molar-refractivity contribution in [3.63, 3.8) is 0 Å². The summed E-state index contributed by atoms with van der Waals surface area (Å²) >= 11 is 3.08. The molecule has 1 fully saturated rings. The molecule has 112 valence electrons. The van der Waals surface area contributed by atoms with Gasteiger partial charge >= 0.3 is 17.9 Å². The molecule has 20 heavy (non-hydrogen) atoms. The number of carbonyl (C=O) groups excluding carboxylic acids is 4. The van der Waals surface area contributed by atoms with Gasteiger partial charge in [-0.05, 0) is 0 Å². The van der Waals surface area contributed by atoms with Crippen LogP contribution < -0.4 is 0 Å². The predicted molar refractivity (Wildman–Crippen MR) is 68.7 cm³/mol. The number of halogens is 1. The molecule has 1 aliphatic heterocycles. The highest BCUT2D eigenvalue weighted by molar-refractivity contribution is 9.09. The number of Topliss-reactive ketones (excluding diaryl/α,β-unsaturated/α-hetero) is 1. The third kappa shape index (κ3) is 4.29. The molecule has 0 bridgehead atoms. The Kier molecular flexibility index (Phi) is 5.27. The first-order valence-electron chi connectivity index (χ1n) is 5.88. The molecule has 0 aromatic heterocycles. The number of rotatable bonds is 5. The Hall–Kier alpha value is -1.44. The number of ketones is 1. The molecule has 0 saturated carbocycles. The smallest absolute Gasteiger partial charge is 0.331 e. The van der Waals surface area contributed by atoms with E-state index >= 15 is 0 Å². The second-order valence-corrected chi connectivity index (χ2v) is 5.38. The van der Waals surface area contributed by atoms with E-state index in [4.69, 9.17) is 14.2 Å². The Morgan fingerprint density at radius 1 is 1.30 bits per heavy atom. The van der Waals surface area contributed by atoms with Crippen LogP contribution in [0.4, 0.5) is 0 Å². The summed E-state index contributed by atoms with van der Waals surface area (Å²) in [4.78, 5) is 46.2. The maximum Gasteiger partial charge on any atom is 0.331 e. The van der Waals surface area contributed by atoms with Crippen molar-refractivity contribution < 1.29 is 33.4 Å². The van der Waals surface area contributed by atoms with Crippen molar-refractivity contribution in [2.75, 3.05) is 5.33 Å². The van der Waals surface area contributed by atoms with Crippen molar-refractivity contribution in [2.24, 2.45) is 5.92 Å².